The maximum absolute atomic E-state index is 12.3. The molecule has 17 heteroatoms. The van der Waals surface area contributed by atoms with Crippen LogP contribution in [0.3, 0.4) is 0 Å². The second-order valence-electron chi connectivity index (χ2n) is 15.9. The van der Waals surface area contributed by atoms with Crippen LogP contribution < -0.4 is 16.4 Å². The Balaban J connectivity index is 0.00000166. The van der Waals surface area contributed by atoms with Crippen molar-refractivity contribution in [3.63, 3.8) is 0 Å². The quantitative estimate of drug-likeness (QED) is 0.0283. The number of nitriles is 2. The normalized spacial score (nSPS) is 11.7. The molecule has 0 saturated carbocycles. The molecule has 2 aromatic rings. The van der Waals surface area contributed by atoms with E-state index in [1.54, 1.807) is 6.92 Å². The number of ether oxygens (including phenoxy) is 5. The lowest BCUT2D eigenvalue weighted by Crippen LogP contribution is -2.31. The largest absolute Gasteiger partial charge is 0.481 e. The third kappa shape index (κ3) is 26.6. The highest BCUT2D eigenvalue weighted by Gasteiger charge is 2.23. The zero-order chi connectivity index (χ0) is 48.2. The molecule has 0 aliphatic rings. The molecule has 1 aromatic carbocycles. The molecule has 0 spiro atoms. The van der Waals surface area contributed by atoms with Crippen molar-refractivity contribution in [2.24, 2.45) is 11.8 Å². The van der Waals surface area contributed by atoms with Crippen LogP contribution in [0.15, 0.2) is 18.2 Å². The third-order valence-electron chi connectivity index (χ3n) is 10.7. The molecule has 0 amide bonds. The van der Waals surface area contributed by atoms with Crippen LogP contribution in [-0.2, 0) is 42.9 Å². The number of carboxylic acid groups (broad SMARTS) is 2. The number of thiophene rings is 1. The van der Waals surface area contributed by atoms with Crippen molar-refractivity contribution < 1.29 is 53.1 Å². The standard InChI is InChI=1S/C41H70N2O11.C7H5N3S/c1-4-6-8-10-12-14-16-34(40(46)47)31-38(44)53-28-26-51-23-21-43(36-18-19-37(42)33(3)30-36)20-22-50-24-25-52-27-29-54-39(45)32-35(41(48)49)17-15-13-11-9-7-5-2;1-4-5(2-8)7(10)11-6(4)3-9/h18-19,30,34-35H,4-17,20-29,31-32,42H2,1-3H3,(H,46,47)(H,48,49);10H2,1H3. The maximum Gasteiger partial charge on any atom is 0.307 e. The number of aliphatic carboxylic acids is 2. The van der Waals surface area contributed by atoms with Crippen LogP contribution in [0.2, 0.25) is 0 Å². The highest BCUT2D eigenvalue weighted by atomic mass is 32.1. The van der Waals surface area contributed by atoms with Crippen molar-refractivity contribution in [2.75, 3.05) is 82.3 Å². The van der Waals surface area contributed by atoms with E-state index in [2.05, 4.69) is 18.7 Å². The first-order valence-electron chi connectivity index (χ1n) is 23.1. The van der Waals surface area contributed by atoms with E-state index < -0.39 is 35.7 Å². The molecule has 2 rings (SSSR count). The molecular weight excluding hydrogens is 855 g/mol. The average Bonchev–Trinajstić information content (AvgIpc) is 3.56. The predicted molar refractivity (Wildman–Crippen MR) is 253 cm³/mol. The number of carbonyl (C=O) groups excluding carboxylic acids is 2. The summed E-state index contributed by atoms with van der Waals surface area (Å²) in [4.78, 5) is 50.3. The van der Waals surface area contributed by atoms with E-state index >= 15 is 0 Å². The molecule has 1 heterocycles. The minimum absolute atomic E-state index is 0.0492. The first kappa shape index (κ1) is 58.1. The van der Waals surface area contributed by atoms with Crippen molar-refractivity contribution in [1.29, 1.82) is 10.5 Å². The number of unbranched alkanes of at least 4 members (excludes halogenated alkanes) is 10. The van der Waals surface area contributed by atoms with Crippen molar-refractivity contribution in [3.8, 4) is 12.1 Å². The van der Waals surface area contributed by atoms with E-state index in [1.165, 1.54) is 12.8 Å². The monoisotopic (exact) mass is 930 g/mol. The second kappa shape index (κ2) is 36.3. The molecule has 0 saturated heterocycles. The molecule has 364 valence electrons. The van der Waals surface area contributed by atoms with Crippen LogP contribution in [0.4, 0.5) is 16.4 Å². The average molecular weight is 930 g/mol. The minimum Gasteiger partial charge on any atom is -0.481 e. The SMILES string of the molecule is CCCCCCCCC(CC(=O)OCCOCCOCCN(CCOCCOC(=O)CC(CCCCCCCC)C(=O)O)c1ccc(N)c(C)c1)C(=O)O.Cc1c(C#N)sc(N)c1C#N. The van der Waals surface area contributed by atoms with Gasteiger partial charge in [-0.3, -0.25) is 19.2 Å². The molecule has 16 nitrogen and oxygen atoms in total. The molecule has 0 bridgehead atoms. The number of benzene rings is 1. The summed E-state index contributed by atoms with van der Waals surface area (Å²) in [6, 6.07) is 9.72. The fourth-order valence-electron chi connectivity index (χ4n) is 6.70. The smallest absolute Gasteiger partial charge is 0.307 e. The molecule has 0 aliphatic carbocycles. The molecule has 0 radical (unpaired) electrons. The Hall–Kier alpha value is -4.94. The number of carboxylic acids is 2. The zero-order valence-corrected chi connectivity index (χ0v) is 40.1. The third-order valence-corrected chi connectivity index (χ3v) is 11.7. The number of nitrogens with two attached hydrogens (primary N) is 2. The number of esters is 2. The Labute approximate surface area is 390 Å². The van der Waals surface area contributed by atoms with Crippen molar-refractivity contribution in [2.45, 2.75) is 130 Å². The van der Waals surface area contributed by atoms with Gasteiger partial charge < -0.3 is 50.3 Å². The van der Waals surface area contributed by atoms with Crippen LogP contribution in [0.1, 0.15) is 138 Å². The van der Waals surface area contributed by atoms with Crippen molar-refractivity contribution in [3.05, 3.63) is 39.8 Å². The van der Waals surface area contributed by atoms with Gasteiger partial charge >= 0.3 is 23.9 Å². The van der Waals surface area contributed by atoms with E-state index in [1.807, 2.05) is 37.3 Å². The number of anilines is 3. The number of aryl methyl sites for hydroxylation is 1. The Morgan fingerprint density at radius 1 is 0.662 bits per heavy atom. The van der Waals surface area contributed by atoms with Gasteiger partial charge in [0.25, 0.3) is 0 Å². The highest BCUT2D eigenvalue weighted by Crippen LogP contribution is 2.28. The molecule has 2 unspecified atom stereocenters. The summed E-state index contributed by atoms with van der Waals surface area (Å²) < 4.78 is 27.5. The summed E-state index contributed by atoms with van der Waals surface area (Å²) in [6.45, 7) is 11.0. The fourth-order valence-corrected chi connectivity index (χ4v) is 7.52. The zero-order valence-electron chi connectivity index (χ0n) is 39.2. The van der Waals surface area contributed by atoms with Crippen molar-refractivity contribution in [1.82, 2.24) is 0 Å². The lowest BCUT2D eigenvalue weighted by molar-refractivity contribution is -0.152. The number of hydrogen-bond donors (Lipinski definition) is 4. The number of rotatable bonds is 36. The molecule has 2 atom stereocenters. The predicted octanol–water partition coefficient (Wildman–Crippen LogP) is 8.58. The van der Waals surface area contributed by atoms with Gasteiger partial charge in [0, 0.05) is 24.5 Å². The number of nitrogen functional groups attached to an aromatic ring is 2. The van der Waals surface area contributed by atoms with Gasteiger partial charge in [0.2, 0.25) is 0 Å². The molecule has 1 aromatic heterocycles. The van der Waals surface area contributed by atoms with Crippen LogP contribution in [0, 0.1) is 48.3 Å². The van der Waals surface area contributed by atoms with Gasteiger partial charge in [-0.25, -0.2) is 0 Å². The lowest BCUT2D eigenvalue weighted by atomic mass is 9.97. The van der Waals surface area contributed by atoms with Gasteiger partial charge in [0.05, 0.1) is 69.9 Å². The topological polar surface area (TPSA) is 258 Å². The Bertz CT molecular complexity index is 1760. The first-order chi connectivity index (χ1) is 31.3. The second-order valence-corrected chi connectivity index (χ2v) is 17.0. The number of carbonyl (C=O) groups is 4. The van der Waals surface area contributed by atoms with Crippen LogP contribution in [-0.4, -0.2) is 100 Å². The maximum atomic E-state index is 12.3. The molecule has 0 fully saturated rings. The van der Waals surface area contributed by atoms with E-state index in [0.717, 1.165) is 86.8 Å². The van der Waals surface area contributed by atoms with Gasteiger partial charge in [-0.05, 0) is 56.0 Å². The highest BCUT2D eigenvalue weighted by molar-refractivity contribution is 7.16. The molecule has 6 N–H and O–H groups in total. The van der Waals surface area contributed by atoms with E-state index in [4.69, 9.17) is 45.7 Å². The summed E-state index contributed by atoms with van der Waals surface area (Å²) in [5.41, 5.74) is 15.2. The van der Waals surface area contributed by atoms with Crippen LogP contribution in [0.25, 0.3) is 0 Å². The Morgan fingerprint density at radius 3 is 1.51 bits per heavy atom. The van der Waals surface area contributed by atoms with Crippen LogP contribution >= 0.6 is 11.3 Å². The van der Waals surface area contributed by atoms with E-state index in [9.17, 15) is 29.4 Å². The van der Waals surface area contributed by atoms with Gasteiger partial charge in [-0.1, -0.05) is 90.9 Å². The molecule has 65 heavy (non-hydrogen) atoms. The summed E-state index contributed by atoms with van der Waals surface area (Å²) >= 11 is 1.16. The van der Waals surface area contributed by atoms with Gasteiger partial charge in [-0.2, -0.15) is 10.5 Å². The Kier molecular flexibility index (Phi) is 32.4. The number of nitrogens with zero attached hydrogens (tertiary/aromatic N) is 3. The van der Waals surface area contributed by atoms with Gasteiger partial charge in [0.1, 0.15) is 35.2 Å². The van der Waals surface area contributed by atoms with Crippen LogP contribution in [0.5, 0.6) is 0 Å². The number of hydrogen-bond acceptors (Lipinski definition) is 15. The summed E-state index contributed by atoms with van der Waals surface area (Å²) in [7, 11) is 0. The summed E-state index contributed by atoms with van der Waals surface area (Å²) in [6.07, 6.45) is 13.4. The van der Waals surface area contributed by atoms with E-state index in [0.29, 0.717) is 79.1 Å². The van der Waals surface area contributed by atoms with Gasteiger partial charge in [0.15, 0.2) is 0 Å². The molecule has 0 aliphatic heterocycles. The minimum atomic E-state index is -0.966. The van der Waals surface area contributed by atoms with E-state index in [-0.39, 0.29) is 39.3 Å². The fraction of sp³-hybridized carbons (Fsp3) is 0.667. The summed E-state index contributed by atoms with van der Waals surface area (Å²) in [5.74, 6) is -4.44. The van der Waals surface area contributed by atoms with Crippen molar-refractivity contribution >= 4 is 51.6 Å². The first-order valence-corrected chi connectivity index (χ1v) is 23.9. The summed E-state index contributed by atoms with van der Waals surface area (Å²) in [5, 5.41) is 36.5. The lowest BCUT2D eigenvalue weighted by Gasteiger charge is -2.25. The molecular formula is C48H75N5O11S. The Morgan fingerprint density at radius 2 is 1.11 bits per heavy atom. The van der Waals surface area contributed by atoms with Gasteiger partial charge in [-0.15, -0.1) is 11.3 Å².